The number of ketones is 1. The van der Waals surface area contributed by atoms with E-state index in [9.17, 15) is 125 Å². The molecule has 59 heteroatoms. The summed E-state index contributed by atoms with van der Waals surface area (Å²) in [6.07, 6.45) is -14.8. The van der Waals surface area contributed by atoms with Crippen LogP contribution in [0.3, 0.4) is 0 Å². The van der Waals surface area contributed by atoms with Crippen molar-refractivity contribution < 1.29 is 176 Å². The summed E-state index contributed by atoms with van der Waals surface area (Å²) in [5.74, 6) is -4.12. The summed E-state index contributed by atoms with van der Waals surface area (Å²) in [6.45, 7) is 1.79. The maximum atomic E-state index is 12.6. The minimum absolute atomic E-state index is 0.0197. The van der Waals surface area contributed by atoms with Gasteiger partial charge in [-0.15, -0.1) is 0 Å². The fourth-order valence-corrected chi connectivity index (χ4v) is 16.2. The lowest BCUT2D eigenvalue weighted by Crippen LogP contribution is -2.46. The van der Waals surface area contributed by atoms with Gasteiger partial charge in [-0.2, -0.15) is 8.62 Å². The van der Waals surface area contributed by atoms with E-state index in [1.54, 1.807) is 0 Å². The second-order valence-corrected chi connectivity index (χ2v) is 35.1. The molecule has 51 nitrogen and oxygen atoms in total. The predicted molar refractivity (Wildman–Crippen MR) is 366 cm³/mol. The number of fused-ring (bicyclic) bond motifs is 2. The molecule has 2 saturated heterocycles. The number of hydrogen-bond acceptors (Lipinski definition) is 38. The van der Waals surface area contributed by atoms with Crippen LogP contribution in [0, 0.1) is 10.8 Å². The quantitative estimate of drug-likeness (QED) is 0.0121. The van der Waals surface area contributed by atoms with Gasteiger partial charge in [0.2, 0.25) is 23.6 Å². The number of thioether (sulfide) groups is 2. The first-order valence-corrected chi connectivity index (χ1v) is 42.1. The van der Waals surface area contributed by atoms with Crippen molar-refractivity contribution in [2.24, 2.45) is 10.8 Å². The normalized spacial score (nSPS) is 21.8. The number of nitrogens with zero attached hydrogens (tertiary/aromatic N) is 8. The van der Waals surface area contributed by atoms with Crippen LogP contribution < -0.4 is 32.7 Å². The molecule has 4 unspecified atom stereocenters. The molecular weight excluding hydrogens is 1640 g/mol. The van der Waals surface area contributed by atoms with Gasteiger partial charge in [0.05, 0.1) is 51.9 Å². The van der Waals surface area contributed by atoms with Crippen LogP contribution >= 0.6 is 70.5 Å². The van der Waals surface area contributed by atoms with Gasteiger partial charge in [-0.3, -0.25) is 74.6 Å². The number of phosphoric ester groups is 6. The lowest BCUT2D eigenvalue weighted by molar-refractivity contribution is -0.138. The van der Waals surface area contributed by atoms with Crippen molar-refractivity contribution in [3.8, 4) is 0 Å². The number of amides is 4. The summed E-state index contributed by atoms with van der Waals surface area (Å²) >= 11 is 1.73. The van der Waals surface area contributed by atoms with Crippen molar-refractivity contribution in [3.63, 3.8) is 0 Å². The number of carbonyl (C=O) groups excluding carboxylic acids is 7. The van der Waals surface area contributed by atoms with Crippen molar-refractivity contribution in [2.75, 3.05) is 75.6 Å². The van der Waals surface area contributed by atoms with E-state index in [4.69, 9.17) is 44.1 Å². The standard InChI is InChI=1S/C25H40N7O19P3S.C25H40N7O18P3S/c1-25(2,20(38)23(39)28-6-5-14(33)27-7-8-55-16(36)4-3-15(34)35)10-48-54(45,46)51-53(43,44)47-9-13-19(50-52(40,41)42)18(37)24(49-13)32-12-31-17-21(26)29-11-30-22(17)32;1-13(33)8-16(35)54-7-6-27-15(34)4-5-28-23(38)20(37)25(2,3)10-47-53(44,45)50-52(42,43)46-9-14-19(49-51(39,40)41)18(36)24(48-14)32-12-31-17-21(26)29-11-30-22(17)32/h11-13,18-20,24,37-38H,3-10H2,1-2H3,(H,27,33)(H,28,39)(H,34,35)(H,43,44)(H,45,46)(H2,26,29,30)(H2,40,41,42);11-12,14,18-20,24,36-37H,4-10H2,1-3H3,(H,27,34)(H,28,38)(H,42,43)(H,44,45)(H2,26,29,30)(H2,39,40,41)/t13-,18-,19-,20+,24-;14-,18-,19-,20+,24-/m11/s1. The molecule has 2 aliphatic rings. The molecule has 0 bridgehead atoms. The number of imidazole rings is 2. The predicted octanol–water partition coefficient (Wildman–Crippen LogP) is -2.83. The average molecular weight is 1720 g/mol. The van der Waals surface area contributed by atoms with Crippen LogP contribution in [0.4, 0.5) is 11.6 Å². The Bertz CT molecular complexity index is 4190. The molecule has 6 rings (SSSR count). The van der Waals surface area contributed by atoms with Crippen LogP contribution in [0.15, 0.2) is 25.3 Å². The number of nitrogens with two attached hydrogens (primary N) is 2. The van der Waals surface area contributed by atoms with Gasteiger partial charge >= 0.3 is 52.9 Å². The Hall–Kier alpha value is -5.74. The number of carboxylic acids is 1. The van der Waals surface area contributed by atoms with E-state index in [1.165, 1.54) is 34.6 Å². The molecule has 2 fully saturated rings. The first kappa shape index (κ1) is 93.9. The van der Waals surface area contributed by atoms with Crippen LogP contribution in [-0.2, 0) is 111 Å². The maximum Gasteiger partial charge on any atom is 0.481 e. The third-order valence-electron chi connectivity index (χ3n) is 14.5. The van der Waals surface area contributed by atoms with Gasteiger partial charge in [0, 0.05) is 67.8 Å². The number of anilines is 2. The summed E-state index contributed by atoms with van der Waals surface area (Å²) in [4.78, 5) is 195. The van der Waals surface area contributed by atoms with E-state index in [-0.39, 0.29) is 120 Å². The third-order valence-corrected chi connectivity index (χ3v) is 22.5. The minimum atomic E-state index is -5.59. The van der Waals surface area contributed by atoms with E-state index in [1.807, 2.05) is 0 Å². The SMILES string of the molecule is CC(=O)CC(=O)SCCNC(=O)CCNC(=O)[C@H](O)C(C)(C)COP(=O)(O)OP(=O)(O)OC[C@H]1O[C@@H](n2cnc3c(N)ncnc32)[C@H](O)[C@@H]1OP(=O)(O)O.CC(C)(COP(=O)(O)OP(=O)(O)OC[C@H]1O[C@@H](n2cnc3c(N)ncnc32)[C@H](O)[C@@H]1OP(=O)(O)O)[C@@H](O)C(=O)NCCC(=O)NCCSC(=O)CCC(=O)O. The Balaban J connectivity index is 0.000000391. The van der Waals surface area contributed by atoms with E-state index in [2.05, 4.69) is 68.8 Å². The largest absolute Gasteiger partial charge is 0.481 e. The van der Waals surface area contributed by atoms with Crippen molar-refractivity contribution >= 4 is 150 Å². The highest BCUT2D eigenvalue weighted by atomic mass is 32.2. The molecule has 21 N–H and O–H groups in total. The van der Waals surface area contributed by atoms with Crippen LogP contribution in [0.25, 0.3) is 22.3 Å². The zero-order valence-electron chi connectivity index (χ0n) is 57.5. The monoisotopic (exact) mass is 1720 g/mol. The van der Waals surface area contributed by atoms with Gasteiger partial charge < -0.3 is 107 Å². The first-order chi connectivity index (χ1) is 50.3. The molecule has 614 valence electrons. The van der Waals surface area contributed by atoms with E-state index in [0.29, 0.717) is 0 Å². The molecule has 0 aliphatic carbocycles. The first-order valence-electron chi connectivity index (χ1n) is 31.1. The summed E-state index contributed by atoms with van der Waals surface area (Å²) in [5.41, 5.74) is 8.42. The molecule has 6 heterocycles. The topological polar surface area (TPSA) is 782 Å². The van der Waals surface area contributed by atoms with Crippen molar-refractivity contribution in [1.29, 1.82) is 0 Å². The maximum absolute atomic E-state index is 12.6. The van der Waals surface area contributed by atoms with Crippen molar-refractivity contribution in [3.05, 3.63) is 25.3 Å². The smallest absolute Gasteiger partial charge is 0.481 e. The summed E-state index contributed by atoms with van der Waals surface area (Å²) in [5, 5.41) is 60.2. The molecule has 109 heavy (non-hydrogen) atoms. The molecule has 0 aromatic carbocycles. The van der Waals surface area contributed by atoms with E-state index >= 15 is 0 Å². The molecule has 0 spiro atoms. The number of ether oxygens (including phenoxy) is 2. The van der Waals surface area contributed by atoms with E-state index < -0.39 is 175 Å². The van der Waals surface area contributed by atoms with Crippen LogP contribution in [-0.4, -0.2) is 262 Å². The second kappa shape index (κ2) is 40.3. The summed E-state index contributed by atoms with van der Waals surface area (Å²) in [7, 11) is -32.8. The lowest BCUT2D eigenvalue weighted by atomic mass is 9.87. The summed E-state index contributed by atoms with van der Waals surface area (Å²) in [6, 6.07) is 0. The lowest BCUT2D eigenvalue weighted by Gasteiger charge is -2.30. The molecule has 0 radical (unpaired) electrons. The highest BCUT2D eigenvalue weighted by molar-refractivity contribution is 8.13. The zero-order chi connectivity index (χ0) is 82.0. The third kappa shape index (κ3) is 30.6. The molecule has 14 atom stereocenters. The molecule has 4 aromatic heterocycles. The number of carbonyl (C=O) groups is 8. The van der Waals surface area contributed by atoms with Crippen molar-refractivity contribution in [2.45, 2.75) is 128 Å². The second-order valence-electron chi connectivity index (χ2n) is 24.4. The number of Topliss-reactive ketones (excluding diaryl/α,β-unsaturated/α-hetero) is 1. The number of phosphoric acid groups is 6. The molecular formula is C50H80N14O37P6S2. The fraction of sp³-hybridized carbons (Fsp3) is 0.640. The average Bonchev–Trinajstić information content (AvgIpc) is 1.62. The molecule has 4 aromatic rings. The Morgan fingerprint density at radius 3 is 1.27 bits per heavy atom. The van der Waals surface area contributed by atoms with Gasteiger partial charge in [0.25, 0.3) is 0 Å². The number of aliphatic hydroxyl groups is 4. The fourth-order valence-electron chi connectivity index (χ4n) is 9.13. The number of nitrogens with one attached hydrogen (secondary N) is 4. The number of aliphatic carboxylic acids is 1. The number of nitrogen functional groups attached to an aromatic ring is 2. The Labute approximate surface area is 623 Å². The van der Waals surface area contributed by atoms with Gasteiger partial charge in [-0.25, -0.2) is 57.3 Å². The zero-order valence-corrected chi connectivity index (χ0v) is 64.5. The Kier molecular flexibility index (Phi) is 34.7. The number of aliphatic hydroxyl groups excluding tert-OH is 4. The Morgan fingerprint density at radius 2 is 0.908 bits per heavy atom. The van der Waals surface area contributed by atoms with Crippen LogP contribution in [0.1, 0.15) is 79.2 Å². The van der Waals surface area contributed by atoms with E-state index in [0.717, 1.165) is 58.0 Å². The van der Waals surface area contributed by atoms with Gasteiger partial charge in [0.1, 0.15) is 78.3 Å². The van der Waals surface area contributed by atoms with Gasteiger partial charge in [-0.1, -0.05) is 51.2 Å². The highest BCUT2D eigenvalue weighted by Gasteiger charge is 2.53. The number of aromatic nitrogens is 8. The number of carboxylic acid groups (broad SMARTS) is 1. The molecule has 2 aliphatic heterocycles. The van der Waals surface area contributed by atoms with Gasteiger partial charge in [-0.05, 0) is 6.92 Å². The van der Waals surface area contributed by atoms with Crippen molar-refractivity contribution in [1.82, 2.24) is 60.3 Å². The van der Waals surface area contributed by atoms with Crippen LogP contribution in [0.5, 0.6) is 0 Å². The number of rotatable bonds is 43. The molecule has 0 saturated carbocycles. The van der Waals surface area contributed by atoms with Crippen LogP contribution in [0.2, 0.25) is 0 Å². The Morgan fingerprint density at radius 1 is 0.541 bits per heavy atom. The summed E-state index contributed by atoms with van der Waals surface area (Å²) < 4.78 is 124. The molecule has 4 amide bonds. The van der Waals surface area contributed by atoms with Gasteiger partial charge in [0.15, 0.2) is 45.6 Å². The number of hydrogen-bond donors (Lipinski definition) is 19. The minimum Gasteiger partial charge on any atom is -0.481 e. The highest BCUT2D eigenvalue weighted by Crippen LogP contribution is 2.63.